The summed E-state index contributed by atoms with van der Waals surface area (Å²) in [7, 11) is 1.13. The minimum atomic E-state index is -4.68. The Labute approximate surface area is 193 Å². The van der Waals surface area contributed by atoms with Crippen molar-refractivity contribution in [2.75, 3.05) is 12.8 Å². The summed E-state index contributed by atoms with van der Waals surface area (Å²) in [6.07, 6.45) is -4.68. The highest BCUT2D eigenvalue weighted by atomic mass is 35.5. The first-order valence-corrected chi connectivity index (χ1v) is 9.72. The number of nitrogens with two attached hydrogens (primary N) is 1. The van der Waals surface area contributed by atoms with Crippen LogP contribution in [0.4, 0.5) is 27.6 Å². The Balaban J connectivity index is 2.01. The van der Waals surface area contributed by atoms with Gasteiger partial charge in [-0.2, -0.15) is 13.2 Å². The molecule has 12 heteroatoms. The van der Waals surface area contributed by atoms with Crippen molar-refractivity contribution in [3.8, 4) is 17.0 Å². The second-order valence-corrected chi connectivity index (χ2v) is 7.31. The smallest absolute Gasteiger partial charge is 0.416 e. The van der Waals surface area contributed by atoms with Gasteiger partial charge in [0, 0.05) is 11.1 Å². The number of methoxy groups -OCH3 is 1. The molecule has 0 amide bonds. The summed E-state index contributed by atoms with van der Waals surface area (Å²) in [5, 5.41) is -0.754. The first-order chi connectivity index (χ1) is 15.5. The average molecular weight is 507 g/mol. The van der Waals surface area contributed by atoms with Crippen molar-refractivity contribution in [2.24, 2.45) is 0 Å². The lowest BCUT2D eigenvalue weighted by atomic mass is 10.1. The fourth-order valence-corrected chi connectivity index (χ4v) is 3.34. The van der Waals surface area contributed by atoms with E-state index < -0.39 is 69.4 Å². The van der Waals surface area contributed by atoms with Crippen LogP contribution in [-0.2, 0) is 17.5 Å². The number of hydrogen-bond acceptors (Lipinski definition) is 5. The number of hydrogen-bond donors (Lipinski definition) is 1. The predicted molar refractivity (Wildman–Crippen MR) is 111 cm³/mol. The lowest BCUT2D eigenvalue weighted by Crippen LogP contribution is -2.14. The highest BCUT2D eigenvalue weighted by Gasteiger charge is 2.33. The molecule has 0 fully saturated rings. The Morgan fingerprint density at radius 3 is 2.39 bits per heavy atom. The third kappa shape index (κ3) is 4.81. The van der Waals surface area contributed by atoms with Gasteiger partial charge in [0.05, 0.1) is 28.4 Å². The van der Waals surface area contributed by atoms with Crippen LogP contribution in [-0.4, -0.2) is 18.1 Å². The zero-order chi connectivity index (χ0) is 24.5. The van der Waals surface area contributed by atoms with E-state index in [1.165, 1.54) is 18.2 Å². The first kappa shape index (κ1) is 24.5. The minimum absolute atomic E-state index is 0.107. The Morgan fingerprint density at radius 1 is 1.09 bits per heavy atom. The highest BCUT2D eigenvalue weighted by Crippen LogP contribution is 2.38. The van der Waals surface area contributed by atoms with Crippen molar-refractivity contribution >= 4 is 34.9 Å². The second kappa shape index (κ2) is 9.40. The maximum Gasteiger partial charge on any atom is 0.416 e. The van der Waals surface area contributed by atoms with Gasteiger partial charge in [0.15, 0.2) is 23.1 Å². The quantitative estimate of drug-likeness (QED) is 0.324. The molecule has 0 aliphatic rings. The molecule has 0 unspecified atom stereocenters. The van der Waals surface area contributed by atoms with E-state index in [-0.39, 0.29) is 10.6 Å². The predicted octanol–water partition coefficient (Wildman–Crippen LogP) is 6.30. The van der Waals surface area contributed by atoms with Crippen molar-refractivity contribution in [1.29, 1.82) is 0 Å². The number of rotatable bonds is 5. The second-order valence-electron chi connectivity index (χ2n) is 6.52. The van der Waals surface area contributed by atoms with E-state index in [2.05, 4.69) is 4.98 Å². The van der Waals surface area contributed by atoms with Gasteiger partial charge in [-0.3, -0.25) is 0 Å². The monoisotopic (exact) mass is 506 g/mol. The lowest BCUT2D eigenvalue weighted by Gasteiger charge is -2.15. The Hall–Kier alpha value is -3.11. The number of nitrogen functional groups attached to an aromatic ring is 1. The molecular formula is C21H13Cl2F5N2O3. The molecule has 2 N–H and O–H groups in total. The van der Waals surface area contributed by atoms with Crippen LogP contribution in [0.15, 0.2) is 36.4 Å². The number of pyridine rings is 1. The summed E-state index contributed by atoms with van der Waals surface area (Å²) in [6, 6.07) is 6.72. The number of benzene rings is 2. The molecule has 0 atom stereocenters. The molecule has 0 radical (unpaired) electrons. The molecule has 1 heterocycles. The number of aromatic nitrogens is 1. The normalized spacial score (nSPS) is 11.4. The van der Waals surface area contributed by atoms with Gasteiger partial charge >= 0.3 is 12.1 Å². The topological polar surface area (TPSA) is 74.4 Å². The fraction of sp³-hybridized carbons (Fsp3) is 0.143. The van der Waals surface area contributed by atoms with Gasteiger partial charge in [-0.25, -0.2) is 18.6 Å². The van der Waals surface area contributed by atoms with Crippen molar-refractivity contribution in [1.82, 2.24) is 4.98 Å². The van der Waals surface area contributed by atoms with Gasteiger partial charge < -0.3 is 15.2 Å². The van der Waals surface area contributed by atoms with Crippen LogP contribution in [0.1, 0.15) is 21.6 Å². The number of esters is 1. The van der Waals surface area contributed by atoms with E-state index in [0.717, 1.165) is 25.3 Å². The molecule has 3 rings (SSSR count). The molecule has 1 aromatic heterocycles. The third-order valence-corrected chi connectivity index (χ3v) is 5.18. The van der Waals surface area contributed by atoms with E-state index in [9.17, 15) is 26.7 Å². The number of carbonyl (C=O) groups is 1. The first-order valence-electron chi connectivity index (χ1n) is 8.96. The summed E-state index contributed by atoms with van der Waals surface area (Å²) >= 11 is 11.7. The maximum absolute atomic E-state index is 14.8. The minimum Gasteiger partial charge on any atom is -0.492 e. The third-order valence-electron chi connectivity index (χ3n) is 4.50. The molecule has 2 aromatic carbocycles. The average Bonchev–Trinajstić information content (AvgIpc) is 2.76. The summed E-state index contributed by atoms with van der Waals surface area (Å²) in [5.41, 5.74) is 1.66. The fourth-order valence-electron chi connectivity index (χ4n) is 2.91. The Morgan fingerprint density at radius 2 is 1.76 bits per heavy atom. The molecule has 0 aliphatic heterocycles. The molecule has 0 spiro atoms. The highest BCUT2D eigenvalue weighted by molar-refractivity contribution is 6.36. The van der Waals surface area contributed by atoms with Crippen molar-refractivity contribution in [2.45, 2.75) is 12.8 Å². The van der Waals surface area contributed by atoms with E-state index in [0.29, 0.717) is 0 Å². The molecule has 33 heavy (non-hydrogen) atoms. The van der Waals surface area contributed by atoms with Crippen LogP contribution in [0.2, 0.25) is 10.0 Å². The SMILES string of the molecule is COc1c(Cl)ccc(-c2nc(C(=O)OCc3ccccc3C(F)(F)F)c(Cl)c(N)c2F)c1F. The maximum atomic E-state index is 14.8. The van der Waals surface area contributed by atoms with Gasteiger partial charge in [-0.1, -0.05) is 41.4 Å². The number of carbonyl (C=O) groups excluding carboxylic acids is 1. The van der Waals surface area contributed by atoms with Gasteiger partial charge in [0.2, 0.25) is 0 Å². The van der Waals surface area contributed by atoms with E-state index >= 15 is 0 Å². The summed E-state index contributed by atoms with van der Waals surface area (Å²) in [5.74, 6) is -4.03. The van der Waals surface area contributed by atoms with Gasteiger partial charge in [-0.05, 0) is 18.2 Å². The molecule has 5 nitrogen and oxygen atoms in total. The molecule has 174 valence electrons. The van der Waals surface area contributed by atoms with Crippen LogP contribution < -0.4 is 10.5 Å². The lowest BCUT2D eigenvalue weighted by molar-refractivity contribution is -0.138. The van der Waals surface area contributed by atoms with Crippen molar-refractivity contribution < 1.29 is 36.2 Å². The summed E-state index contributed by atoms with van der Waals surface area (Å²) in [4.78, 5) is 16.3. The molecular weight excluding hydrogens is 494 g/mol. The van der Waals surface area contributed by atoms with E-state index in [1.54, 1.807) is 0 Å². The Kier molecular flexibility index (Phi) is 6.99. The van der Waals surface area contributed by atoms with Gasteiger partial charge in [0.1, 0.15) is 12.3 Å². The van der Waals surface area contributed by atoms with Crippen LogP contribution in [0, 0.1) is 11.6 Å². The number of ether oxygens (including phenoxy) is 2. The standard InChI is InChI=1S/C21H13Cl2F5N2O3/c1-32-19-12(22)7-6-10(14(19)24)17-15(25)16(29)13(23)18(30-17)20(31)33-8-9-4-2-3-5-11(9)21(26,27)28/h2-7H,8H2,1H3,(H2,29,30). The summed E-state index contributed by atoms with van der Waals surface area (Å²) < 4.78 is 78.7. The largest absolute Gasteiger partial charge is 0.492 e. The summed E-state index contributed by atoms with van der Waals surface area (Å²) in [6.45, 7) is -0.789. The van der Waals surface area contributed by atoms with Gasteiger partial charge in [-0.15, -0.1) is 0 Å². The van der Waals surface area contributed by atoms with E-state index in [1.807, 2.05) is 0 Å². The number of halogens is 7. The molecule has 0 bridgehead atoms. The number of anilines is 1. The number of nitrogens with zero attached hydrogens (tertiary/aromatic N) is 1. The zero-order valence-corrected chi connectivity index (χ0v) is 18.1. The number of alkyl halides is 3. The van der Waals surface area contributed by atoms with Crippen LogP contribution in [0.3, 0.4) is 0 Å². The molecule has 0 aliphatic carbocycles. The zero-order valence-electron chi connectivity index (χ0n) is 16.6. The van der Waals surface area contributed by atoms with Crippen molar-refractivity contribution in [3.63, 3.8) is 0 Å². The molecule has 0 saturated carbocycles. The van der Waals surface area contributed by atoms with Gasteiger partial charge in [0.25, 0.3) is 0 Å². The van der Waals surface area contributed by atoms with E-state index in [4.69, 9.17) is 38.4 Å². The van der Waals surface area contributed by atoms with Crippen molar-refractivity contribution in [3.05, 3.63) is 74.9 Å². The van der Waals surface area contributed by atoms with Crippen LogP contribution in [0.5, 0.6) is 5.75 Å². The molecule has 3 aromatic rings. The molecule has 0 saturated heterocycles. The van der Waals surface area contributed by atoms with Crippen LogP contribution >= 0.6 is 23.2 Å². The Bertz CT molecular complexity index is 1240. The van der Waals surface area contributed by atoms with Crippen LogP contribution in [0.25, 0.3) is 11.3 Å².